The number of benzene rings is 1. The number of nitrogens with zero attached hydrogens (tertiary/aromatic N) is 4. The Bertz CT molecular complexity index is 1220. The number of ether oxygens (including phenoxy) is 3. The summed E-state index contributed by atoms with van der Waals surface area (Å²) in [5, 5.41) is 4.14. The van der Waals surface area contributed by atoms with Gasteiger partial charge in [-0.25, -0.2) is 0 Å². The number of anilines is 2. The number of methoxy groups -OCH3 is 2. The Morgan fingerprint density at radius 1 is 1.03 bits per heavy atom. The minimum atomic E-state index is -1.49. The Balaban J connectivity index is 1.71. The molecule has 0 saturated heterocycles. The molecule has 0 aliphatic rings. The maximum Gasteiger partial charge on any atom is 0.290 e. The summed E-state index contributed by atoms with van der Waals surface area (Å²) < 4.78 is 22.7. The van der Waals surface area contributed by atoms with E-state index in [0.29, 0.717) is 29.9 Å². The zero-order valence-corrected chi connectivity index (χ0v) is 25.3. The molecule has 39 heavy (non-hydrogen) atoms. The molecule has 3 aromatic rings. The Labute approximate surface area is 232 Å². The molecule has 0 aliphatic carbocycles. The summed E-state index contributed by atoms with van der Waals surface area (Å²) in [6.45, 7) is 11.2. The van der Waals surface area contributed by atoms with Crippen LogP contribution in [0.1, 0.15) is 19.6 Å². The molecule has 0 unspecified atom stereocenters. The molecule has 2 aromatic heterocycles. The first kappa shape index (κ1) is 30.0. The quantitative estimate of drug-likeness (QED) is 0.290. The van der Waals surface area contributed by atoms with Gasteiger partial charge in [0.2, 0.25) is 23.6 Å². The van der Waals surface area contributed by atoms with E-state index >= 15 is 0 Å². The predicted molar refractivity (Wildman–Crippen MR) is 157 cm³/mol. The molecule has 1 amide bonds. The molecule has 1 aromatic carbocycles. The van der Waals surface area contributed by atoms with E-state index in [9.17, 15) is 4.79 Å². The second-order valence-electron chi connectivity index (χ2n) is 10.1. The van der Waals surface area contributed by atoms with E-state index in [1.165, 1.54) is 19.4 Å². The molecule has 2 heterocycles. The van der Waals surface area contributed by atoms with Crippen molar-refractivity contribution in [3.8, 4) is 23.5 Å². The van der Waals surface area contributed by atoms with Gasteiger partial charge in [0.05, 0.1) is 28.7 Å². The first-order valence-corrected chi connectivity index (χ1v) is 16.4. The van der Waals surface area contributed by atoms with Crippen molar-refractivity contribution in [2.75, 3.05) is 58.2 Å². The van der Waals surface area contributed by atoms with Crippen LogP contribution >= 0.6 is 0 Å². The number of carbonyl (C=O) groups is 1. The maximum absolute atomic E-state index is 12.9. The third-order valence-corrected chi connectivity index (χ3v) is 10.3. The van der Waals surface area contributed by atoms with Gasteiger partial charge in [-0.15, -0.1) is 0 Å². The van der Waals surface area contributed by atoms with Crippen LogP contribution in [0.3, 0.4) is 0 Å². The molecule has 212 valence electrons. The van der Waals surface area contributed by atoms with E-state index in [-0.39, 0.29) is 29.8 Å². The van der Waals surface area contributed by atoms with Gasteiger partial charge < -0.3 is 33.7 Å². The van der Waals surface area contributed by atoms with Crippen LogP contribution in [0.25, 0.3) is 0 Å². The summed E-state index contributed by atoms with van der Waals surface area (Å²) >= 11 is 0. The van der Waals surface area contributed by atoms with Gasteiger partial charge in [-0.1, -0.05) is 43.4 Å². The maximum atomic E-state index is 12.9. The number of amides is 1. The Hall–Kier alpha value is -3.57. The molecule has 0 radical (unpaired) electrons. The van der Waals surface area contributed by atoms with E-state index in [1.54, 1.807) is 12.1 Å². The highest BCUT2D eigenvalue weighted by Crippen LogP contribution is 2.34. The lowest BCUT2D eigenvalue weighted by molar-refractivity contribution is -0.115. The molecule has 10 nitrogen and oxygen atoms in total. The van der Waals surface area contributed by atoms with Crippen LogP contribution in [0, 0.1) is 0 Å². The van der Waals surface area contributed by atoms with Crippen molar-refractivity contribution in [2.24, 2.45) is 0 Å². The molecular weight excluding hydrogens is 514 g/mol. The van der Waals surface area contributed by atoms with Crippen LogP contribution in [0.4, 0.5) is 11.6 Å². The van der Waals surface area contributed by atoms with Crippen LogP contribution in [0.2, 0.25) is 19.1 Å². The molecule has 0 bridgehead atoms. The fourth-order valence-electron chi connectivity index (χ4n) is 3.82. The number of hydrogen-bond acceptors (Lipinski definition) is 9. The van der Waals surface area contributed by atoms with Crippen molar-refractivity contribution in [3.05, 3.63) is 42.2 Å². The van der Waals surface area contributed by atoms with E-state index in [0.717, 1.165) is 19.1 Å². The minimum absolute atomic E-state index is 0.0167. The lowest BCUT2D eigenvalue weighted by Gasteiger charge is -2.24. The number of likely N-dealkylation sites (N-methyl/N-ethyl adjacent to an activating group) is 2. The van der Waals surface area contributed by atoms with Crippen molar-refractivity contribution in [3.63, 3.8) is 0 Å². The third kappa shape index (κ3) is 7.96. The van der Waals surface area contributed by atoms with Crippen molar-refractivity contribution in [2.45, 2.75) is 39.4 Å². The lowest BCUT2D eigenvalue weighted by Crippen LogP contribution is -2.40. The van der Waals surface area contributed by atoms with Gasteiger partial charge in [-0.05, 0) is 39.2 Å². The molecule has 0 aliphatic heterocycles. The average molecular weight is 556 g/mol. The highest BCUT2D eigenvalue weighted by Gasteiger charge is 2.23. The largest absolute Gasteiger partial charge is 0.479 e. The number of aromatic nitrogens is 2. The molecule has 0 atom stereocenters. The number of nitrogens with one attached hydrogen (secondary N) is 1. The van der Waals surface area contributed by atoms with Gasteiger partial charge >= 0.3 is 0 Å². The van der Waals surface area contributed by atoms with E-state index in [1.807, 2.05) is 38.1 Å². The van der Waals surface area contributed by atoms with Gasteiger partial charge in [-0.3, -0.25) is 4.79 Å². The van der Waals surface area contributed by atoms with Crippen molar-refractivity contribution >= 4 is 30.8 Å². The summed E-state index contributed by atoms with van der Waals surface area (Å²) in [6.07, 6.45) is -0.0167. The minimum Gasteiger partial charge on any atom is -0.479 e. The van der Waals surface area contributed by atoms with E-state index in [4.69, 9.17) is 18.6 Å². The SMILES string of the molecule is CCN(CCN(C)C)c1nc(OC)c(NC(=O)Cc2ccc(Oc3cccc([Si](C)(C)CC)c3)o2)c(OC)n1. The fraction of sp³-hybridized carbons (Fsp3) is 0.464. The molecule has 11 heteroatoms. The Kier molecular flexibility index (Phi) is 10.4. The van der Waals surface area contributed by atoms with Gasteiger partial charge in [0.15, 0.2) is 5.69 Å². The van der Waals surface area contributed by atoms with Gasteiger partial charge in [0, 0.05) is 25.7 Å². The smallest absolute Gasteiger partial charge is 0.290 e. The van der Waals surface area contributed by atoms with Crippen molar-refractivity contribution in [1.29, 1.82) is 0 Å². The number of rotatable bonds is 14. The third-order valence-electron chi connectivity index (χ3n) is 6.65. The van der Waals surface area contributed by atoms with Crippen LogP contribution in [-0.2, 0) is 11.2 Å². The summed E-state index contributed by atoms with van der Waals surface area (Å²) in [5.41, 5.74) is 0.264. The Morgan fingerprint density at radius 2 is 1.72 bits per heavy atom. The molecule has 0 spiro atoms. The fourth-order valence-corrected chi connectivity index (χ4v) is 5.31. The zero-order valence-electron chi connectivity index (χ0n) is 24.3. The lowest BCUT2D eigenvalue weighted by atomic mass is 10.3. The normalized spacial score (nSPS) is 11.4. The predicted octanol–water partition coefficient (Wildman–Crippen LogP) is 4.38. The molecular formula is C28H41N5O5Si. The highest BCUT2D eigenvalue weighted by molar-refractivity contribution is 6.89. The Morgan fingerprint density at radius 3 is 2.31 bits per heavy atom. The van der Waals surface area contributed by atoms with E-state index in [2.05, 4.69) is 52.3 Å². The summed E-state index contributed by atoms with van der Waals surface area (Å²) in [6, 6.07) is 12.7. The zero-order chi connectivity index (χ0) is 28.6. The molecule has 0 saturated carbocycles. The molecule has 1 N–H and O–H groups in total. The van der Waals surface area contributed by atoms with Crippen LogP contribution in [-0.4, -0.2) is 76.8 Å². The van der Waals surface area contributed by atoms with Crippen molar-refractivity contribution in [1.82, 2.24) is 14.9 Å². The monoisotopic (exact) mass is 555 g/mol. The standard InChI is InChI=1S/C28H41N5O5Si/c1-9-33(17-16-32(3)4)28-30-26(35-5)25(27(31-28)36-6)29-23(34)19-21-14-15-24(38-21)37-20-12-11-13-22(18-20)39(7,8)10-2/h11-15,18H,9-10,16-17,19H2,1-8H3,(H,29,34). The van der Waals surface area contributed by atoms with E-state index < -0.39 is 8.07 Å². The number of furan rings is 1. The van der Waals surface area contributed by atoms with Gasteiger partial charge in [0.1, 0.15) is 11.5 Å². The average Bonchev–Trinajstić information content (AvgIpc) is 3.35. The van der Waals surface area contributed by atoms with Crippen LogP contribution in [0.15, 0.2) is 40.8 Å². The summed E-state index contributed by atoms with van der Waals surface area (Å²) in [7, 11) is 5.51. The first-order chi connectivity index (χ1) is 18.6. The molecule has 0 fully saturated rings. The highest BCUT2D eigenvalue weighted by atomic mass is 28.3. The molecule has 3 rings (SSSR count). The van der Waals surface area contributed by atoms with Gasteiger partial charge in [0.25, 0.3) is 5.95 Å². The second kappa shape index (κ2) is 13.5. The second-order valence-corrected chi connectivity index (χ2v) is 15.2. The van der Waals surface area contributed by atoms with Crippen molar-refractivity contribution < 1.29 is 23.4 Å². The number of hydrogen-bond donors (Lipinski definition) is 1. The van der Waals surface area contributed by atoms with Crippen LogP contribution < -0.4 is 29.6 Å². The number of carbonyl (C=O) groups excluding carboxylic acids is 1. The first-order valence-electron chi connectivity index (χ1n) is 13.2. The van der Waals surface area contributed by atoms with Gasteiger partial charge in [-0.2, -0.15) is 9.97 Å². The summed E-state index contributed by atoms with van der Waals surface area (Å²) in [5.74, 6) is 2.06. The topological polar surface area (TPSA) is 102 Å². The summed E-state index contributed by atoms with van der Waals surface area (Å²) in [4.78, 5) is 26.1. The van der Waals surface area contributed by atoms with Crippen LogP contribution in [0.5, 0.6) is 23.5 Å².